The smallest absolute Gasteiger partial charge is 0.226 e. The number of ether oxygens (including phenoxy) is 2. The minimum Gasteiger partial charge on any atom is -0.486 e. The molecule has 4 rings (SSSR count). The third kappa shape index (κ3) is 4.16. The first-order valence-electron chi connectivity index (χ1n) is 10.3. The van der Waals surface area contributed by atoms with Crippen LogP contribution in [0.3, 0.4) is 0 Å². The average molecular weight is 383 g/mol. The molecule has 0 radical (unpaired) electrons. The van der Waals surface area contributed by atoms with Gasteiger partial charge in [-0.3, -0.25) is 9.48 Å². The van der Waals surface area contributed by atoms with Crippen LogP contribution in [-0.4, -0.2) is 33.8 Å². The molecule has 1 aliphatic heterocycles. The summed E-state index contributed by atoms with van der Waals surface area (Å²) in [4.78, 5) is 15.3. The molecule has 2 heterocycles. The molecule has 1 fully saturated rings. The highest BCUT2D eigenvalue weighted by molar-refractivity contribution is 5.79. The summed E-state index contributed by atoms with van der Waals surface area (Å²) >= 11 is 0. The van der Waals surface area contributed by atoms with Gasteiger partial charge in [0.2, 0.25) is 5.91 Å². The van der Waals surface area contributed by atoms with Crippen LogP contribution in [0.1, 0.15) is 49.1 Å². The van der Waals surface area contributed by atoms with Gasteiger partial charge in [-0.2, -0.15) is 5.10 Å². The van der Waals surface area contributed by atoms with Crippen molar-refractivity contribution >= 4 is 5.91 Å². The number of rotatable bonds is 5. The number of benzene rings is 1. The van der Waals surface area contributed by atoms with Crippen molar-refractivity contribution in [3.63, 3.8) is 0 Å². The molecule has 1 amide bonds. The summed E-state index contributed by atoms with van der Waals surface area (Å²) in [7, 11) is 1.94. The highest BCUT2D eigenvalue weighted by Gasteiger charge is 2.27. The molecule has 0 saturated heterocycles. The monoisotopic (exact) mass is 383 g/mol. The van der Waals surface area contributed by atoms with Crippen molar-refractivity contribution in [1.29, 1.82) is 0 Å². The van der Waals surface area contributed by atoms with Crippen LogP contribution >= 0.6 is 0 Å². The van der Waals surface area contributed by atoms with Crippen LogP contribution in [0.25, 0.3) is 0 Å². The van der Waals surface area contributed by atoms with Gasteiger partial charge >= 0.3 is 0 Å². The maximum Gasteiger partial charge on any atom is 0.226 e. The second-order valence-corrected chi connectivity index (χ2v) is 7.91. The maximum atomic E-state index is 13.3. The summed E-state index contributed by atoms with van der Waals surface area (Å²) in [6.45, 7) is 4.27. The van der Waals surface area contributed by atoms with Crippen LogP contribution in [0.4, 0.5) is 0 Å². The highest BCUT2D eigenvalue weighted by atomic mass is 16.6. The first kappa shape index (κ1) is 18.8. The van der Waals surface area contributed by atoms with Gasteiger partial charge in [-0.1, -0.05) is 25.3 Å². The van der Waals surface area contributed by atoms with Crippen molar-refractivity contribution in [1.82, 2.24) is 14.7 Å². The van der Waals surface area contributed by atoms with Crippen molar-refractivity contribution in [2.45, 2.75) is 52.1 Å². The summed E-state index contributed by atoms with van der Waals surface area (Å²) in [6, 6.07) is 8.03. The third-order valence-electron chi connectivity index (χ3n) is 5.76. The first-order valence-corrected chi connectivity index (χ1v) is 10.3. The van der Waals surface area contributed by atoms with Gasteiger partial charge in [0.05, 0.1) is 12.2 Å². The van der Waals surface area contributed by atoms with Crippen molar-refractivity contribution < 1.29 is 14.3 Å². The predicted octanol–water partition coefficient (Wildman–Crippen LogP) is 3.61. The van der Waals surface area contributed by atoms with E-state index in [0.717, 1.165) is 54.1 Å². The van der Waals surface area contributed by atoms with Crippen molar-refractivity contribution in [2.24, 2.45) is 13.0 Å². The van der Waals surface area contributed by atoms with Gasteiger partial charge in [-0.25, -0.2) is 0 Å². The molecule has 6 nitrogen and oxygen atoms in total. The Bertz CT molecular complexity index is 820. The lowest BCUT2D eigenvalue weighted by atomic mass is 9.88. The van der Waals surface area contributed by atoms with Gasteiger partial charge in [-0.15, -0.1) is 0 Å². The summed E-state index contributed by atoms with van der Waals surface area (Å²) in [5, 5.41) is 4.57. The molecule has 0 bridgehead atoms. The highest BCUT2D eigenvalue weighted by Crippen LogP contribution is 2.32. The molecule has 0 N–H and O–H groups in total. The minimum atomic E-state index is 0.135. The van der Waals surface area contributed by atoms with E-state index in [1.54, 1.807) is 0 Å². The Labute approximate surface area is 166 Å². The van der Waals surface area contributed by atoms with E-state index in [9.17, 15) is 4.79 Å². The normalized spacial score (nSPS) is 16.8. The zero-order valence-electron chi connectivity index (χ0n) is 16.8. The molecular formula is C22H29N3O3. The molecular weight excluding hydrogens is 354 g/mol. The Morgan fingerprint density at radius 2 is 1.86 bits per heavy atom. The summed E-state index contributed by atoms with van der Waals surface area (Å²) in [5.74, 6) is 1.93. The third-order valence-corrected chi connectivity index (χ3v) is 5.76. The van der Waals surface area contributed by atoms with Crippen LogP contribution in [-0.2, 0) is 24.9 Å². The van der Waals surface area contributed by atoms with Gasteiger partial charge in [0.15, 0.2) is 11.5 Å². The lowest BCUT2D eigenvalue weighted by Crippen LogP contribution is -2.36. The van der Waals surface area contributed by atoms with Gasteiger partial charge in [0, 0.05) is 25.2 Å². The molecule has 150 valence electrons. The first-order chi connectivity index (χ1) is 13.6. The van der Waals surface area contributed by atoms with E-state index in [4.69, 9.17) is 9.47 Å². The Balaban J connectivity index is 1.55. The second-order valence-electron chi connectivity index (χ2n) is 7.91. The van der Waals surface area contributed by atoms with Crippen LogP contribution in [0, 0.1) is 12.8 Å². The zero-order valence-corrected chi connectivity index (χ0v) is 16.8. The van der Waals surface area contributed by atoms with E-state index in [0.29, 0.717) is 26.3 Å². The second kappa shape index (κ2) is 8.25. The average Bonchev–Trinajstić information content (AvgIpc) is 3.04. The van der Waals surface area contributed by atoms with Gasteiger partial charge in [0.1, 0.15) is 13.2 Å². The van der Waals surface area contributed by atoms with Crippen LogP contribution in [0.15, 0.2) is 24.3 Å². The van der Waals surface area contributed by atoms with E-state index >= 15 is 0 Å². The Kier molecular flexibility index (Phi) is 5.55. The zero-order chi connectivity index (χ0) is 19.5. The lowest BCUT2D eigenvalue weighted by Gasteiger charge is -2.29. The van der Waals surface area contributed by atoms with Crippen molar-refractivity contribution in [2.75, 3.05) is 13.2 Å². The number of fused-ring (bicyclic) bond motifs is 1. The fourth-order valence-corrected chi connectivity index (χ4v) is 4.13. The number of hydrogen-bond donors (Lipinski definition) is 0. The fourth-order valence-electron chi connectivity index (χ4n) is 4.13. The molecule has 2 aromatic rings. The SMILES string of the molecule is Cc1cc(CN(Cc2ccc3c(c2)OCCO3)C(=O)C2CCCCC2)nn1C. The topological polar surface area (TPSA) is 56.6 Å². The molecule has 0 atom stereocenters. The van der Waals surface area contributed by atoms with Gasteiger partial charge in [-0.05, 0) is 43.5 Å². The molecule has 1 aliphatic carbocycles. The number of nitrogens with zero attached hydrogens (tertiary/aromatic N) is 3. The summed E-state index contributed by atoms with van der Waals surface area (Å²) in [5.41, 5.74) is 3.09. The molecule has 0 spiro atoms. The molecule has 1 saturated carbocycles. The minimum absolute atomic E-state index is 0.135. The molecule has 1 aromatic heterocycles. The molecule has 0 unspecified atom stereocenters. The quantitative estimate of drug-likeness (QED) is 0.791. The predicted molar refractivity (Wildman–Crippen MR) is 106 cm³/mol. The summed E-state index contributed by atoms with van der Waals surface area (Å²) in [6.07, 6.45) is 5.54. The van der Waals surface area contributed by atoms with E-state index < -0.39 is 0 Å². The fraction of sp³-hybridized carbons (Fsp3) is 0.545. The number of carbonyl (C=O) groups excluding carboxylic acids is 1. The Hall–Kier alpha value is -2.50. The molecule has 2 aliphatic rings. The summed E-state index contributed by atoms with van der Waals surface area (Å²) < 4.78 is 13.2. The van der Waals surface area contributed by atoms with Crippen molar-refractivity contribution in [3.05, 3.63) is 41.2 Å². The van der Waals surface area contributed by atoms with Crippen LogP contribution in [0.2, 0.25) is 0 Å². The molecule has 28 heavy (non-hydrogen) atoms. The largest absolute Gasteiger partial charge is 0.486 e. The van der Waals surface area contributed by atoms with Crippen LogP contribution in [0.5, 0.6) is 11.5 Å². The number of aromatic nitrogens is 2. The number of aryl methyl sites for hydroxylation is 2. The van der Waals surface area contributed by atoms with Gasteiger partial charge in [0.25, 0.3) is 0 Å². The van der Waals surface area contributed by atoms with E-state index in [2.05, 4.69) is 11.2 Å². The number of amides is 1. The van der Waals surface area contributed by atoms with Crippen molar-refractivity contribution in [3.8, 4) is 11.5 Å². The number of hydrogen-bond acceptors (Lipinski definition) is 4. The lowest BCUT2D eigenvalue weighted by molar-refractivity contribution is -0.138. The standard InChI is InChI=1S/C22H29N3O3/c1-16-12-19(23-24(16)2)15-25(22(26)18-6-4-3-5-7-18)14-17-8-9-20-21(13-17)28-11-10-27-20/h8-9,12-13,18H,3-7,10-11,14-15H2,1-2H3. The maximum absolute atomic E-state index is 13.3. The van der Waals surface area contributed by atoms with E-state index in [1.165, 1.54) is 6.42 Å². The Morgan fingerprint density at radius 3 is 2.57 bits per heavy atom. The van der Waals surface area contributed by atoms with E-state index in [1.807, 2.05) is 41.8 Å². The molecule has 1 aromatic carbocycles. The van der Waals surface area contributed by atoms with E-state index in [-0.39, 0.29) is 11.8 Å². The molecule has 6 heteroatoms. The number of carbonyl (C=O) groups is 1. The van der Waals surface area contributed by atoms with Crippen LogP contribution < -0.4 is 9.47 Å². The Morgan fingerprint density at radius 1 is 1.11 bits per heavy atom. The van der Waals surface area contributed by atoms with Gasteiger partial charge < -0.3 is 14.4 Å².